The standard InChI is InChI=1S/C11H11ClO2/c1-7(13)4-9-6-10(12)5-8-2-3-14-11(8)9/h5-6H,2-4H2,1H3. The number of ketones is 1. The summed E-state index contributed by atoms with van der Waals surface area (Å²) in [5.41, 5.74) is 2.03. The molecule has 0 radical (unpaired) electrons. The van der Waals surface area contributed by atoms with E-state index in [2.05, 4.69) is 0 Å². The van der Waals surface area contributed by atoms with Gasteiger partial charge in [0.05, 0.1) is 6.61 Å². The van der Waals surface area contributed by atoms with Crippen LogP contribution in [0.25, 0.3) is 0 Å². The zero-order chi connectivity index (χ0) is 10.1. The average Bonchev–Trinajstić information content (AvgIpc) is 2.50. The van der Waals surface area contributed by atoms with Crippen LogP contribution in [0, 0.1) is 0 Å². The van der Waals surface area contributed by atoms with Crippen LogP contribution in [-0.4, -0.2) is 12.4 Å². The number of benzene rings is 1. The summed E-state index contributed by atoms with van der Waals surface area (Å²) in [6.07, 6.45) is 1.30. The van der Waals surface area contributed by atoms with E-state index in [4.69, 9.17) is 16.3 Å². The Balaban J connectivity index is 2.43. The topological polar surface area (TPSA) is 26.3 Å². The largest absolute Gasteiger partial charge is 0.493 e. The minimum absolute atomic E-state index is 0.130. The summed E-state index contributed by atoms with van der Waals surface area (Å²) in [7, 11) is 0. The lowest BCUT2D eigenvalue weighted by molar-refractivity contribution is -0.116. The van der Waals surface area contributed by atoms with E-state index in [1.165, 1.54) is 0 Å². The molecule has 74 valence electrons. The van der Waals surface area contributed by atoms with Crippen LogP contribution in [0.1, 0.15) is 18.1 Å². The fraction of sp³-hybridized carbons (Fsp3) is 0.364. The smallest absolute Gasteiger partial charge is 0.134 e. The van der Waals surface area contributed by atoms with Gasteiger partial charge in [-0.05, 0) is 24.6 Å². The molecule has 2 nitrogen and oxygen atoms in total. The molecule has 2 rings (SSSR count). The Morgan fingerprint density at radius 3 is 3.07 bits per heavy atom. The van der Waals surface area contributed by atoms with Gasteiger partial charge in [0.2, 0.25) is 0 Å². The Morgan fingerprint density at radius 2 is 2.36 bits per heavy atom. The summed E-state index contributed by atoms with van der Waals surface area (Å²) in [5, 5.41) is 0.686. The number of fused-ring (bicyclic) bond motifs is 1. The zero-order valence-electron chi connectivity index (χ0n) is 7.97. The first-order valence-electron chi connectivity index (χ1n) is 4.60. The average molecular weight is 211 g/mol. The molecule has 1 aliphatic heterocycles. The molecule has 0 saturated heterocycles. The van der Waals surface area contributed by atoms with Gasteiger partial charge >= 0.3 is 0 Å². The molecule has 0 aliphatic carbocycles. The van der Waals surface area contributed by atoms with Gasteiger partial charge in [0.15, 0.2) is 0 Å². The normalized spacial score (nSPS) is 13.6. The highest BCUT2D eigenvalue weighted by Gasteiger charge is 2.17. The first kappa shape index (κ1) is 9.53. The zero-order valence-corrected chi connectivity index (χ0v) is 8.73. The number of carbonyl (C=O) groups excluding carboxylic acids is 1. The van der Waals surface area contributed by atoms with E-state index in [9.17, 15) is 4.79 Å². The van der Waals surface area contributed by atoms with Crippen molar-refractivity contribution in [2.24, 2.45) is 0 Å². The van der Waals surface area contributed by atoms with E-state index in [1.54, 1.807) is 6.92 Å². The highest BCUT2D eigenvalue weighted by atomic mass is 35.5. The van der Waals surface area contributed by atoms with Gasteiger partial charge in [0.1, 0.15) is 11.5 Å². The summed E-state index contributed by atoms with van der Waals surface area (Å²) in [6.45, 7) is 2.27. The maximum atomic E-state index is 11.0. The molecule has 0 unspecified atom stereocenters. The fourth-order valence-electron chi connectivity index (χ4n) is 1.75. The molecule has 0 bridgehead atoms. The van der Waals surface area contributed by atoms with E-state index in [1.807, 2.05) is 12.1 Å². The SMILES string of the molecule is CC(=O)Cc1cc(Cl)cc2c1OCC2. The van der Waals surface area contributed by atoms with Gasteiger partial charge in [-0.15, -0.1) is 0 Å². The molecule has 0 spiro atoms. The van der Waals surface area contributed by atoms with Crippen molar-refractivity contribution in [3.63, 3.8) is 0 Å². The van der Waals surface area contributed by atoms with Gasteiger partial charge in [0.25, 0.3) is 0 Å². The molecular weight excluding hydrogens is 200 g/mol. The first-order chi connectivity index (χ1) is 6.66. The second kappa shape index (κ2) is 3.62. The molecular formula is C11H11ClO2. The number of Topliss-reactive ketones (excluding diaryl/α,β-unsaturated/α-hetero) is 1. The molecule has 1 aromatic carbocycles. The van der Waals surface area contributed by atoms with Crippen LogP contribution in [0.2, 0.25) is 5.02 Å². The molecule has 1 heterocycles. The summed E-state index contributed by atoms with van der Waals surface area (Å²) < 4.78 is 5.47. The summed E-state index contributed by atoms with van der Waals surface area (Å²) in [4.78, 5) is 11.0. The van der Waals surface area contributed by atoms with Crippen molar-refractivity contribution in [3.05, 3.63) is 28.3 Å². The predicted molar refractivity (Wildman–Crippen MR) is 55.0 cm³/mol. The Kier molecular flexibility index (Phi) is 2.46. The van der Waals surface area contributed by atoms with Crippen LogP contribution >= 0.6 is 11.6 Å². The summed E-state index contributed by atoms with van der Waals surface area (Å²) >= 11 is 5.95. The van der Waals surface area contributed by atoms with E-state index in [-0.39, 0.29) is 5.78 Å². The Labute approximate surface area is 87.8 Å². The van der Waals surface area contributed by atoms with Crippen molar-refractivity contribution in [2.75, 3.05) is 6.61 Å². The number of hydrogen-bond donors (Lipinski definition) is 0. The maximum Gasteiger partial charge on any atom is 0.134 e. The van der Waals surface area contributed by atoms with Crippen molar-refractivity contribution >= 4 is 17.4 Å². The van der Waals surface area contributed by atoms with Crippen molar-refractivity contribution in [1.82, 2.24) is 0 Å². The Bertz CT molecular complexity index is 385. The third kappa shape index (κ3) is 1.75. The predicted octanol–water partition coefficient (Wildman–Crippen LogP) is 2.41. The summed E-state index contributed by atoms with van der Waals surface area (Å²) in [5.74, 6) is 0.995. The van der Waals surface area contributed by atoms with Gasteiger partial charge in [-0.25, -0.2) is 0 Å². The molecule has 0 N–H and O–H groups in total. The van der Waals surface area contributed by atoms with Gasteiger partial charge in [-0.2, -0.15) is 0 Å². The number of rotatable bonds is 2. The second-order valence-electron chi connectivity index (χ2n) is 3.53. The van der Waals surface area contributed by atoms with Crippen LogP contribution < -0.4 is 4.74 Å². The Morgan fingerprint density at radius 1 is 1.57 bits per heavy atom. The molecule has 0 amide bonds. The third-order valence-electron chi connectivity index (χ3n) is 2.26. The maximum absolute atomic E-state index is 11.0. The molecule has 3 heteroatoms. The number of carbonyl (C=O) groups is 1. The molecule has 14 heavy (non-hydrogen) atoms. The lowest BCUT2D eigenvalue weighted by atomic mass is 10.0. The minimum atomic E-state index is 0.130. The van der Waals surface area contributed by atoms with Crippen molar-refractivity contribution in [2.45, 2.75) is 19.8 Å². The van der Waals surface area contributed by atoms with E-state index in [0.717, 1.165) is 23.3 Å². The van der Waals surface area contributed by atoms with Crippen LogP contribution in [0.3, 0.4) is 0 Å². The molecule has 1 aromatic rings. The number of hydrogen-bond acceptors (Lipinski definition) is 2. The van der Waals surface area contributed by atoms with Crippen molar-refractivity contribution < 1.29 is 9.53 Å². The van der Waals surface area contributed by atoms with Gasteiger partial charge < -0.3 is 4.74 Å². The summed E-state index contributed by atoms with van der Waals surface area (Å²) in [6, 6.07) is 3.72. The first-order valence-corrected chi connectivity index (χ1v) is 4.98. The molecule has 1 aliphatic rings. The lowest BCUT2D eigenvalue weighted by Gasteiger charge is -2.06. The van der Waals surface area contributed by atoms with Crippen molar-refractivity contribution in [1.29, 1.82) is 0 Å². The van der Waals surface area contributed by atoms with E-state index in [0.29, 0.717) is 18.1 Å². The van der Waals surface area contributed by atoms with E-state index < -0.39 is 0 Å². The quantitative estimate of drug-likeness (QED) is 0.750. The van der Waals surface area contributed by atoms with E-state index >= 15 is 0 Å². The highest BCUT2D eigenvalue weighted by Crippen LogP contribution is 2.33. The monoisotopic (exact) mass is 210 g/mol. The van der Waals surface area contributed by atoms with Crippen LogP contribution in [-0.2, 0) is 17.6 Å². The molecule has 0 atom stereocenters. The molecule has 0 aromatic heterocycles. The van der Waals surface area contributed by atoms with Gasteiger partial charge in [0, 0.05) is 23.4 Å². The molecule has 0 fully saturated rings. The van der Waals surface area contributed by atoms with Gasteiger partial charge in [-0.3, -0.25) is 4.79 Å². The van der Waals surface area contributed by atoms with Crippen molar-refractivity contribution in [3.8, 4) is 5.75 Å². The van der Waals surface area contributed by atoms with Crippen LogP contribution in [0.4, 0.5) is 0 Å². The number of ether oxygens (including phenoxy) is 1. The van der Waals surface area contributed by atoms with Crippen LogP contribution in [0.15, 0.2) is 12.1 Å². The third-order valence-corrected chi connectivity index (χ3v) is 2.48. The second-order valence-corrected chi connectivity index (χ2v) is 3.97. The number of halogens is 1. The minimum Gasteiger partial charge on any atom is -0.493 e. The fourth-order valence-corrected chi connectivity index (χ4v) is 2.01. The van der Waals surface area contributed by atoms with Gasteiger partial charge in [-0.1, -0.05) is 11.6 Å². The highest BCUT2D eigenvalue weighted by molar-refractivity contribution is 6.30. The Hall–Kier alpha value is -1.02. The molecule has 0 saturated carbocycles. The van der Waals surface area contributed by atoms with Crippen LogP contribution in [0.5, 0.6) is 5.75 Å². The lowest BCUT2D eigenvalue weighted by Crippen LogP contribution is -1.99.